The van der Waals surface area contributed by atoms with E-state index in [0.717, 1.165) is 12.1 Å². The first kappa shape index (κ1) is 34.3. The highest BCUT2D eigenvalue weighted by atomic mass is 19.4. The Kier molecular flexibility index (Phi) is 8.05. The Hall–Kier alpha value is -5.17. The van der Waals surface area contributed by atoms with E-state index in [0.29, 0.717) is 27.7 Å². The normalized spacial score (nSPS) is 23.2. The fourth-order valence-electron chi connectivity index (χ4n) is 6.90. The third-order valence-electron chi connectivity index (χ3n) is 9.17. The SMILES string of the molecule is CC(C)(O)C#Cc1ccc(C2=CC3C(N)=NNC3C=C2)c([C@H](Cc2cc(F)cc(F)c2)NC(=O)Cn2nc(C(F)(F)F)c3c2C(F)(F)[C@@H]2C[C@H]32)n1. The van der Waals surface area contributed by atoms with Crippen molar-refractivity contribution in [2.45, 2.75) is 68.9 Å². The van der Waals surface area contributed by atoms with Crippen LogP contribution in [-0.2, 0) is 29.9 Å². The summed E-state index contributed by atoms with van der Waals surface area (Å²) in [5, 5.41) is 20.4. The van der Waals surface area contributed by atoms with Crippen molar-refractivity contribution < 1.29 is 40.6 Å². The van der Waals surface area contributed by atoms with Gasteiger partial charge in [0.2, 0.25) is 5.91 Å². The summed E-state index contributed by atoms with van der Waals surface area (Å²) >= 11 is 0. The Morgan fingerprint density at radius 2 is 1.92 bits per heavy atom. The largest absolute Gasteiger partial charge is 0.435 e. The van der Waals surface area contributed by atoms with Gasteiger partial charge in [-0.1, -0.05) is 24.1 Å². The number of hydrazone groups is 1. The number of nitrogens with one attached hydrogen (secondary N) is 2. The summed E-state index contributed by atoms with van der Waals surface area (Å²) in [6.07, 6.45) is -0.0606. The first-order valence-electron chi connectivity index (χ1n) is 15.9. The molecule has 0 saturated heterocycles. The molecule has 1 fully saturated rings. The zero-order valence-electron chi connectivity index (χ0n) is 27.0. The monoisotopic (exact) mass is 713 g/mol. The second kappa shape index (κ2) is 12.0. The highest BCUT2D eigenvalue weighted by Gasteiger charge is 2.68. The van der Waals surface area contributed by atoms with Gasteiger partial charge in [-0.15, -0.1) is 0 Å². The number of benzene rings is 1. The number of carbonyl (C=O) groups is 1. The fourth-order valence-corrected chi connectivity index (χ4v) is 6.90. The Labute approximate surface area is 286 Å². The summed E-state index contributed by atoms with van der Waals surface area (Å²) in [4.78, 5) is 18.4. The number of aromatic nitrogens is 3. The molecule has 51 heavy (non-hydrogen) atoms. The van der Waals surface area contributed by atoms with Crippen molar-refractivity contribution in [2.75, 3.05) is 0 Å². The van der Waals surface area contributed by atoms with Crippen LogP contribution >= 0.6 is 0 Å². The number of amidine groups is 1. The fraction of sp³-hybridized carbons (Fsp3) is 0.371. The summed E-state index contributed by atoms with van der Waals surface area (Å²) < 4.78 is 101. The van der Waals surface area contributed by atoms with Crippen LogP contribution in [0.2, 0.25) is 0 Å². The van der Waals surface area contributed by atoms with Crippen LogP contribution in [0.25, 0.3) is 5.57 Å². The maximum absolute atomic E-state index is 15.2. The highest BCUT2D eigenvalue weighted by Crippen LogP contribution is 2.68. The average molecular weight is 714 g/mol. The molecule has 266 valence electrons. The molecule has 2 unspecified atom stereocenters. The number of hydrogen-bond donors (Lipinski definition) is 4. The number of rotatable bonds is 7. The number of hydrogen-bond acceptors (Lipinski definition) is 7. The highest BCUT2D eigenvalue weighted by molar-refractivity contribution is 5.91. The van der Waals surface area contributed by atoms with Crippen LogP contribution in [0, 0.1) is 35.3 Å². The van der Waals surface area contributed by atoms with Crippen LogP contribution in [0.5, 0.6) is 0 Å². The van der Waals surface area contributed by atoms with Gasteiger partial charge in [0.25, 0.3) is 5.92 Å². The van der Waals surface area contributed by atoms with Crippen LogP contribution in [0.15, 0.2) is 53.7 Å². The number of nitrogens with zero attached hydrogens (tertiary/aromatic N) is 4. The Morgan fingerprint density at radius 1 is 1.20 bits per heavy atom. The van der Waals surface area contributed by atoms with Gasteiger partial charge in [0, 0.05) is 23.1 Å². The molecule has 1 aromatic carbocycles. The van der Waals surface area contributed by atoms with Crippen molar-refractivity contribution in [3.05, 3.63) is 99.7 Å². The van der Waals surface area contributed by atoms with Gasteiger partial charge in [0.15, 0.2) is 5.69 Å². The number of pyridine rings is 1. The van der Waals surface area contributed by atoms with Crippen molar-refractivity contribution >= 4 is 17.3 Å². The summed E-state index contributed by atoms with van der Waals surface area (Å²) in [6.45, 7) is 1.89. The van der Waals surface area contributed by atoms with Crippen LogP contribution in [0.3, 0.4) is 0 Å². The van der Waals surface area contributed by atoms with E-state index in [1.165, 1.54) is 13.8 Å². The van der Waals surface area contributed by atoms with E-state index in [1.54, 1.807) is 18.2 Å². The molecule has 16 heteroatoms. The second-order valence-corrected chi connectivity index (χ2v) is 13.6. The molecule has 9 nitrogen and oxygen atoms in total. The molecule has 1 aliphatic heterocycles. The molecule has 5 N–H and O–H groups in total. The van der Waals surface area contributed by atoms with Crippen molar-refractivity contribution in [2.24, 2.45) is 22.7 Å². The van der Waals surface area contributed by atoms with Gasteiger partial charge in [-0.05, 0) is 73.9 Å². The lowest BCUT2D eigenvalue weighted by molar-refractivity contribution is -0.142. The molecule has 7 rings (SSSR count). The minimum absolute atomic E-state index is 0.0779. The van der Waals surface area contributed by atoms with Gasteiger partial charge >= 0.3 is 6.18 Å². The molecule has 5 atom stereocenters. The standard InChI is InChI=1S/C35H30F7N7O2/c1-33(2,51)8-7-20-4-5-21(17-3-6-25-23(12-17)32(43)47-46-25)29(44-20)26(11-16-9-18(36)13-19(37)10-16)45-27(50)15-49-31-28(30(48-49)35(40,41)42)22-14-24(22)34(31,38)39/h3-6,9-10,12-13,22-26,46,51H,11,14-15H2,1-2H3,(H2,43,47)(H,45,50)/t22-,23?,24+,25?,26-/m0/s1. The second-order valence-electron chi connectivity index (χ2n) is 13.6. The molecule has 0 spiro atoms. The van der Waals surface area contributed by atoms with Gasteiger partial charge < -0.3 is 21.6 Å². The molecule has 3 aliphatic carbocycles. The summed E-state index contributed by atoms with van der Waals surface area (Å²) in [5.74, 6) is -3.42. The van der Waals surface area contributed by atoms with Crippen LogP contribution in [-0.4, -0.2) is 43.3 Å². The summed E-state index contributed by atoms with van der Waals surface area (Å²) in [5.41, 5.74) is 5.92. The quantitative estimate of drug-likeness (QED) is 0.205. The lowest BCUT2D eigenvalue weighted by atomic mass is 9.87. The predicted octanol–water partition coefficient (Wildman–Crippen LogP) is 4.82. The number of nitrogens with two attached hydrogens (primary N) is 1. The third-order valence-corrected chi connectivity index (χ3v) is 9.17. The minimum Gasteiger partial charge on any atom is -0.385 e. The van der Waals surface area contributed by atoms with Crippen LogP contribution in [0.4, 0.5) is 30.7 Å². The molecular formula is C35H30F7N7O2. The number of aliphatic hydroxyl groups is 1. The van der Waals surface area contributed by atoms with Crippen molar-refractivity contribution in [3.63, 3.8) is 0 Å². The van der Waals surface area contributed by atoms with Gasteiger partial charge in [-0.25, -0.2) is 13.8 Å². The first-order valence-corrected chi connectivity index (χ1v) is 15.9. The first-order chi connectivity index (χ1) is 23.9. The molecule has 4 aliphatic rings. The lowest BCUT2D eigenvalue weighted by Gasteiger charge is -2.25. The number of allylic oxidation sites excluding steroid dienone is 2. The van der Waals surface area contributed by atoms with E-state index in [2.05, 4.69) is 37.8 Å². The molecule has 1 amide bonds. The maximum atomic E-state index is 15.2. The van der Waals surface area contributed by atoms with Crippen LogP contribution < -0.4 is 16.5 Å². The van der Waals surface area contributed by atoms with Crippen molar-refractivity contribution in [1.82, 2.24) is 25.5 Å². The zero-order valence-corrected chi connectivity index (χ0v) is 27.0. The molecule has 2 aromatic heterocycles. The summed E-state index contributed by atoms with van der Waals surface area (Å²) in [6, 6.07) is 4.46. The van der Waals surface area contributed by atoms with Crippen molar-refractivity contribution in [3.8, 4) is 11.8 Å². The Bertz CT molecular complexity index is 2080. The zero-order chi connectivity index (χ0) is 36.6. The lowest BCUT2D eigenvalue weighted by Crippen LogP contribution is -2.35. The topological polar surface area (TPSA) is 130 Å². The molecule has 3 heterocycles. The molecular weight excluding hydrogens is 683 g/mol. The van der Waals surface area contributed by atoms with Gasteiger partial charge in [-0.2, -0.15) is 32.2 Å². The number of carbonyl (C=O) groups excluding carboxylic acids is 1. The minimum atomic E-state index is -5.03. The van der Waals surface area contributed by atoms with E-state index in [1.807, 2.05) is 12.2 Å². The Morgan fingerprint density at radius 3 is 2.61 bits per heavy atom. The van der Waals surface area contributed by atoms with E-state index < -0.39 is 76.6 Å². The van der Waals surface area contributed by atoms with E-state index in [4.69, 9.17) is 5.73 Å². The van der Waals surface area contributed by atoms with Gasteiger partial charge in [-0.3, -0.25) is 9.48 Å². The number of amides is 1. The van der Waals surface area contributed by atoms with E-state index >= 15 is 8.78 Å². The Balaban J connectivity index is 1.31. The molecule has 0 radical (unpaired) electrons. The van der Waals surface area contributed by atoms with Crippen LogP contribution in [0.1, 0.15) is 71.7 Å². The molecule has 0 bridgehead atoms. The van der Waals surface area contributed by atoms with Gasteiger partial charge in [0.05, 0.1) is 23.7 Å². The smallest absolute Gasteiger partial charge is 0.385 e. The molecule has 1 saturated carbocycles. The average Bonchev–Trinajstić information content (AvgIpc) is 3.54. The summed E-state index contributed by atoms with van der Waals surface area (Å²) in [7, 11) is 0. The van der Waals surface area contributed by atoms with Crippen molar-refractivity contribution in [1.29, 1.82) is 0 Å². The van der Waals surface area contributed by atoms with E-state index in [-0.39, 0.29) is 41.8 Å². The number of fused-ring (bicyclic) bond motifs is 4. The third kappa shape index (κ3) is 6.58. The maximum Gasteiger partial charge on any atom is 0.435 e. The van der Waals surface area contributed by atoms with Gasteiger partial charge in [0.1, 0.15) is 41.0 Å². The number of halogens is 7. The molecule has 3 aromatic rings. The number of alkyl halides is 5. The predicted molar refractivity (Wildman–Crippen MR) is 169 cm³/mol. The van der Waals surface area contributed by atoms with E-state index in [9.17, 15) is 31.9 Å².